The predicted molar refractivity (Wildman–Crippen MR) is 73.3 cm³/mol. The lowest BCUT2D eigenvalue weighted by atomic mass is 10.0. The molecule has 0 saturated carbocycles. The highest BCUT2D eigenvalue weighted by molar-refractivity contribution is 9.10. The van der Waals surface area contributed by atoms with Crippen molar-refractivity contribution in [1.29, 1.82) is 0 Å². The van der Waals surface area contributed by atoms with Gasteiger partial charge in [-0.15, -0.1) is 0 Å². The Kier molecular flexibility index (Phi) is 4.10. The van der Waals surface area contributed by atoms with Gasteiger partial charge in [0.2, 0.25) is 0 Å². The van der Waals surface area contributed by atoms with Crippen LogP contribution in [0, 0.1) is 18.6 Å². The molecule has 0 aliphatic rings. The maximum absolute atomic E-state index is 13.1. The summed E-state index contributed by atoms with van der Waals surface area (Å²) in [5.74, 6) is -1.98. The van der Waals surface area contributed by atoms with Gasteiger partial charge in [0.1, 0.15) is 0 Å². The molecule has 0 bridgehead atoms. The minimum absolute atomic E-state index is 0.0409. The molecule has 1 nitrogen and oxygen atoms in total. The van der Waals surface area contributed by atoms with E-state index in [0.29, 0.717) is 15.6 Å². The average Bonchev–Trinajstić information content (AvgIpc) is 2.36. The Hall–Kier alpha value is -1.55. The Morgan fingerprint density at radius 3 is 2.53 bits per heavy atom. The Bertz CT molecular complexity index is 638. The van der Waals surface area contributed by atoms with E-state index >= 15 is 0 Å². The molecule has 0 saturated heterocycles. The molecule has 2 rings (SSSR count). The zero-order valence-electron chi connectivity index (χ0n) is 10.2. The van der Waals surface area contributed by atoms with Gasteiger partial charge in [-0.1, -0.05) is 33.6 Å². The highest BCUT2D eigenvalue weighted by Gasteiger charge is 2.12. The number of carbonyl (C=O) groups excluding carboxylic acids is 1. The summed E-state index contributed by atoms with van der Waals surface area (Å²) in [6, 6.07) is 8.96. The topological polar surface area (TPSA) is 17.1 Å². The average molecular weight is 325 g/mol. The second-order valence-electron chi connectivity index (χ2n) is 4.33. The second kappa shape index (κ2) is 5.61. The van der Waals surface area contributed by atoms with Crippen molar-refractivity contribution in [1.82, 2.24) is 0 Å². The van der Waals surface area contributed by atoms with Gasteiger partial charge in [-0.05, 0) is 36.8 Å². The standard InChI is InChI=1S/C15H11BrF2O/c1-9-2-4-12(16)11(6-9)15(19)8-10-3-5-13(17)14(18)7-10/h2-7H,8H2,1H3. The van der Waals surface area contributed by atoms with Gasteiger partial charge in [0.25, 0.3) is 0 Å². The van der Waals surface area contributed by atoms with Crippen LogP contribution in [0.15, 0.2) is 40.9 Å². The molecule has 0 unspecified atom stereocenters. The molecule has 2 aromatic rings. The second-order valence-corrected chi connectivity index (χ2v) is 5.19. The van der Waals surface area contributed by atoms with Crippen molar-refractivity contribution >= 4 is 21.7 Å². The quantitative estimate of drug-likeness (QED) is 0.762. The Morgan fingerprint density at radius 2 is 1.84 bits per heavy atom. The zero-order chi connectivity index (χ0) is 14.0. The van der Waals surface area contributed by atoms with Crippen LogP contribution in [0.1, 0.15) is 21.5 Å². The summed E-state index contributed by atoms with van der Waals surface area (Å²) in [5, 5.41) is 0. The van der Waals surface area contributed by atoms with Crippen LogP contribution in [0.3, 0.4) is 0 Å². The van der Waals surface area contributed by atoms with Crippen LogP contribution in [-0.2, 0) is 6.42 Å². The molecule has 0 heterocycles. The molecule has 19 heavy (non-hydrogen) atoms. The number of benzene rings is 2. The van der Waals surface area contributed by atoms with E-state index in [9.17, 15) is 13.6 Å². The van der Waals surface area contributed by atoms with Crippen LogP contribution in [0.5, 0.6) is 0 Å². The van der Waals surface area contributed by atoms with Gasteiger partial charge in [-0.2, -0.15) is 0 Å². The highest BCUT2D eigenvalue weighted by atomic mass is 79.9. The Labute approximate surface area is 118 Å². The van der Waals surface area contributed by atoms with E-state index in [-0.39, 0.29) is 12.2 Å². The van der Waals surface area contributed by atoms with E-state index < -0.39 is 11.6 Å². The number of aryl methyl sites for hydroxylation is 1. The number of hydrogen-bond donors (Lipinski definition) is 0. The molecule has 0 aliphatic heterocycles. The summed E-state index contributed by atoms with van der Waals surface area (Å²) < 4.78 is 26.6. The summed E-state index contributed by atoms with van der Waals surface area (Å²) >= 11 is 3.32. The molecule has 98 valence electrons. The van der Waals surface area contributed by atoms with Gasteiger partial charge in [-0.25, -0.2) is 8.78 Å². The molecule has 0 N–H and O–H groups in total. The van der Waals surface area contributed by atoms with Crippen molar-refractivity contribution in [2.24, 2.45) is 0 Å². The number of carbonyl (C=O) groups is 1. The third-order valence-corrected chi connectivity index (χ3v) is 3.46. The number of Topliss-reactive ketones (excluding diaryl/α,β-unsaturated/α-hetero) is 1. The maximum Gasteiger partial charge on any atom is 0.168 e. The molecule has 2 aromatic carbocycles. The zero-order valence-corrected chi connectivity index (χ0v) is 11.8. The molecule has 0 amide bonds. The smallest absolute Gasteiger partial charge is 0.168 e. The fourth-order valence-corrected chi connectivity index (χ4v) is 2.25. The largest absolute Gasteiger partial charge is 0.294 e. The first-order valence-electron chi connectivity index (χ1n) is 5.70. The molecular weight excluding hydrogens is 314 g/mol. The van der Waals surface area contributed by atoms with E-state index in [1.165, 1.54) is 6.07 Å². The van der Waals surface area contributed by atoms with E-state index in [1.54, 1.807) is 12.1 Å². The van der Waals surface area contributed by atoms with Crippen LogP contribution in [-0.4, -0.2) is 5.78 Å². The number of rotatable bonds is 3. The third kappa shape index (κ3) is 3.26. The van der Waals surface area contributed by atoms with Crippen molar-refractivity contribution in [2.75, 3.05) is 0 Å². The van der Waals surface area contributed by atoms with Crippen LogP contribution < -0.4 is 0 Å². The first-order chi connectivity index (χ1) is 8.97. The lowest BCUT2D eigenvalue weighted by molar-refractivity contribution is 0.0992. The first kappa shape index (κ1) is 13.9. The lowest BCUT2D eigenvalue weighted by Crippen LogP contribution is -2.05. The van der Waals surface area contributed by atoms with Crippen LogP contribution in [0.2, 0.25) is 0 Å². The van der Waals surface area contributed by atoms with Gasteiger partial charge in [0.15, 0.2) is 17.4 Å². The van der Waals surface area contributed by atoms with Gasteiger partial charge in [0.05, 0.1) is 0 Å². The van der Waals surface area contributed by atoms with Gasteiger partial charge >= 0.3 is 0 Å². The number of halogens is 3. The molecule has 0 radical (unpaired) electrons. The highest BCUT2D eigenvalue weighted by Crippen LogP contribution is 2.20. The summed E-state index contributed by atoms with van der Waals surface area (Å²) in [7, 11) is 0. The first-order valence-corrected chi connectivity index (χ1v) is 6.50. The monoisotopic (exact) mass is 324 g/mol. The van der Waals surface area contributed by atoms with Gasteiger partial charge in [-0.3, -0.25) is 4.79 Å². The molecule has 0 atom stereocenters. The number of ketones is 1. The van der Waals surface area contributed by atoms with Crippen molar-refractivity contribution < 1.29 is 13.6 Å². The van der Waals surface area contributed by atoms with E-state index in [1.807, 2.05) is 13.0 Å². The fourth-order valence-electron chi connectivity index (χ4n) is 1.78. The van der Waals surface area contributed by atoms with Crippen LogP contribution in [0.25, 0.3) is 0 Å². The number of hydrogen-bond acceptors (Lipinski definition) is 1. The van der Waals surface area contributed by atoms with E-state index in [0.717, 1.165) is 17.7 Å². The minimum atomic E-state index is -0.936. The maximum atomic E-state index is 13.1. The minimum Gasteiger partial charge on any atom is -0.294 e. The van der Waals surface area contributed by atoms with Crippen molar-refractivity contribution in [2.45, 2.75) is 13.3 Å². The molecule has 0 spiro atoms. The molecule has 0 aliphatic carbocycles. The van der Waals surface area contributed by atoms with E-state index in [4.69, 9.17) is 0 Å². The lowest BCUT2D eigenvalue weighted by Gasteiger charge is -2.06. The van der Waals surface area contributed by atoms with Crippen molar-refractivity contribution in [3.05, 3.63) is 69.2 Å². The Morgan fingerprint density at radius 1 is 1.11 bits per heavy atom. The van der Waals surface area contributed by atoms with Crippen molar-refractivity contribution in [3.63, 3.8) is 0 Å². The molecule has 0 fully saturated rings. The van der Waals surface area contributed by atoms with Gasteiger partial charge in [0, 0.05) is 16.5 Å². The van der Waals surface area contributed by atoms with Crippen LogP contribution >= 0.6 is 15.9 Å². The summed E-state index contributed by atoms with van der Waals surface area (Å²) in [6.45, 7) is 1.89. The Balaban J connectivity index is 2.25. The normalized spacial score (nSPS) is 10.5. The summed E-state index contributed by atoms with van der Waals surface area (Å²) in [4.78, 5) is 12.1. The predicted octanol–water partition coefficient (Wildman–Crippen LogP) is 4.46. The third-order valence-electron chi connectivity index (χ3n) is 2.77. The summed E-state index contributed by atoms with van der Waals surface area (Å²) in [5.41, 5.74) is 1.97. The van der Waals surface area contributed by atoms with E-state index in [2.05, 4.69) is 15.9 Å². The van der Waals surface area contributed by atoms with Crippen molar-refractivity contribution in [3.8, 4) is 0 Å². The fraction of sp³-hybridized carbons (Fsp3) is 0.133. The van der Waals surface area contributed by atoms with Gasteiger partial charge < -0.3 is 0 Å². The molecular formula is C15H11BrF2O. The summed E-state index contributed by atoms with van der Waals surface area (Å²) in [6.07, 6.45) is 0.0409. The molecule has 4 heteroatoms. The molecule has 0 aromatic heterocycles. The van der Waals surface area contributed by atoms with Crippen LogP contribution in [0.4, 0.5) is 8.78 Å². The SMILES string of the molecule is Cc1ccc(Br)c(C(=O)Cc2ccc(F)c(F)c2)c1.